The number of hydrogen-bond donors (Lipinski definition) is 2. The maximum absolute atomic E-state index is 11.4. The third kappa shape index (κ3) is 3.73. The van der Waals surface area contributed by atoms with Crippen LogP contribution in [-0.2, 0) is 11.3 Å². The van der Waals surface area contributed by atoms with Gasteiger partial charge in [-0.3, -0.25) is 0 Å². The highest BCUT2D eigenvalue weighted by Gasteiger charge is 2.10. The summed E-state index contributed by atoms with van der Waals surface area (Å²) in [5.41, 5.74) is 8.47. The average molecular weight is 291 g/mol. The van der Waals surface area contributed by atoms with E-state index in [9.17, 15) is 4.79 Å². The van der Waals surface area contributed by atoms with Gasteiger partial charge in [0.1, 0.15) is 0 Å². The van der Waals surface area contributed by atoms with Crippen LogP contribution < -0.4 is 10.9 Å². The van der Waals surface area contributed by atoms with Crippen molar-refractivity contribution >= 4 is 23.3 Å². The third-order valence-electron chi connectivity index (χ3n) is 2.74. The van der Waals surface area contributed by atoms with Crippen LogP contribution in [0.25, 0.3) is 0 Å². The molecule has 0 unspecified atom stereocenters. The standard InChI is InChI=1S/C15H15ClN2O2/c1-20-15(19)13-8-7-11(9-14(13)16)10-17-18-12-5-3-2-4-6-12/h2-9,17-18H,10H2,1H3. The van der Waals surface area contributed by atoms with Gasteiger partial charge in [0.15, 0.2) is 0 Å². The highest BCUT2D eigenvalue weighted by atomic mass is 35.5. The molecule has 0 bridgehead atoms. The Bertz CT molecular complexity index is 588. The molecule has 0 aliphatic heterocycles. The predicted octanol–water partition coefficient (Wildman–Crippen LogP) is 3.24. The highest BCUT2D eigenvalue weighted by molar-refractivity contribution is 6.33. The summed E-state index contributed by atoms with van der Waals surface area (Å²) in [6.45, 7) is 0.579. The summed E-state index contributed by atoms with van der Waals surface area (Å²) >= 11 is 6.05. The molecule has 2 rings (SSSR count). The normalized spacial score (nSPS) is 10.1. The first-order valence-electron chi connectivity index (χ1n) is 6.11. The van der Waals surface area contributed by atoms with E-state index in [0.717, 1.165) is 11.3 Å². The van der Waals surface area contributed by atoms with Crippen LogP contribution in [0.3, 0.4) is 0 Å². The van der Waals surface area contributed by atoms with Crippen LogP contribution in [0.5, 0.6) is 0 Å². The lowest BCUT2D eigenvalue weighted by atomic mass is 10.1. The fourth-order valence-corrected chi connectivity index (χ4v) is 1.99. The number of carbonyl (C=O) groups excluding carboxylic acids is 1. The van der Waals surface area contributed by atoms with E-state index in [4.69, 9.17) is 11.6 Å². The van der Waals surface area contributed by atoms with E-state index in [1.165, 1.54) is 7.11 Å². The molecule has 0 radical (unpaired) electrons. The molecule has 0 heterocycles. The molecule has 2 aromatic rings. The molecule has 0 aliphatic rings. The molecule has 0 aromatic heterocycles. The summed E-state index contributed by atoms with van der Waals surface area (Å²) in [7, 11) is 1.33. The van der Waals surface area contributed by atoms with Crippen LogP contribution in [0.1, 0.15) is 15.9 Å². The summed E-state index contributed by atoms with van der Waals surface area (Å²) in [6, 6.07) is 15.0. The maximum Gasteiger partial charge on any atom is 0.339 e. The fraction of sp³-hybridized carbons (Fsp3) is 0.133. The molecule has 0 amide bonds. The highest BCUT2D eigenvalue weighted by Crippen LogP contribution is 2.18. The van der Waals surface area contributed by atoms with Crippen molar-refractivity contribution in [2.24, 2.45) is 0 Å². The van der Waals surface area contributed by atoms with Crippen molar-refractivity contribution in [2.75, 3.05) is 12.5 Å². The van der Waals surface area contributed by atoms with Crippen molar-refractivity contribution in [3.8, 4) is 0 Å². The first kappa shape index (κ1) is 14.4. The first-order chi connectivity index (χ1) is 9.70. The summed E-state index contributed by atoms with van der Waals surface area (Å²) in [4.78, 5) is 11.4. The van der Waals surface area contributed by atoms with Crippen LogP contribution in [0.4, 0.5) is 5.69 Å². The molecule has 0 atom stereocenters. The number of halogens is 1. The Labute approximate surface area is 122 Å². The Morgan fingerprint density at radius 3 is 2.60 bits per heavy atom. The lowest BCUT2D eigenvalue weighted by Crippen LogP contribution is -2.20. The molecule has 20 heavy (non-hydrogen) atoms. The summed E-state index contributed by atoms with van der Waals surface area (Å²) in [6.07, 6.45) is 0. The van der Waals surface area contributed by atoms with Crippen molar-refractivity contribution in [1.82, 2.24) is 5.43 Å². The number of methoxy groups -OCH3 is 1. The number of hydrogen-bond acceptors (Lipinski definition) is 4. The van der Waals surface area contributed by atoms with Gasteiger partial charge in [0, 0.05) is 12.2 Å². The largest absolute Gasteiger partial charge is 0.465 e. The lowest BCUT2D eigenvalue weighted by molar-refractivity contribution is 0.0601. The van der Waals surface area contributed by atoms with Gasteiger partial charge in [0.05, 0.1) is 17.7 Å². The number of ether oxygens (including phenoxy) is 1. The number of anilines is 1. The van der Waals surface area contributed by atoms with E-state index in [-0.39, 0.29) is 0 Å². The molecular weight excluding hydrogens is 276 g/mol. The van der Waals surface area contributed by atoms with Gasteiger partial charge in [0.25, 0.3) is 0 Å². The predicted molar refractivity (Wildman–Crippen MR) is 79.7 cm³/mol. The first-order valence-corrected chi connectivity index (χ1v) is 6.49. The average Bonchev–Trinajstić information content (AvgIpc) is 2.48. The van der Waals surface area contributed by atoms with Gasteiger partial charge in [0.2, 0.25) is 0 Å². The van der Waals surface area contributed by atoms with Crippen LogP contribution in [-0.4, -0.2) is 13.1 Å². The molecule has 0 fully saturated rings. The number of esters is 1. The molecule has 0 saturated carbocycles. The van der Waals surface area contributed by atoms with Crippen LogP contribution in [0, 0.1) is 0 Å². The van der Waals surface area contributed by atoms with Crippen LogP contribution >= 0.6 is 11.6 Å². The second-order valence-corrected chi connectivity index (χ2v) is 4.56. The van der Waals surface area contributed by atoms with E-state index < -0.39 is 5.97 Å². The van der Waals surface area contributed by atoms with Gasteiger partial charge in [-0.05, 0) is 29.8 Å². The minimum atomic E-state index is -0.433. The number of carbonyl (C=O) groups is 1. The van der Waals surface area contributed by atoms with Crippen LogP contribution in [0.15, 0.2) is 48.5 Å². The van der Waals surface area contributed by atoms with Gasteiger partial charge < -0.3 is 10.2 Å². The maximum atomic E-state index is 11.4. The quantitative estimate of drug-likeness (QED) is 0.656. The van der Waals surface area contributed by atoms with Gasteiger partial charge in [-0.2, -0.15) is 0 Å². The van der Waals surface area contributed by atoms with E-state index in [2.05, 4.69) is 15.6 Å². The second kappa shape index (κ2) is 6.93. The fourth-order valence-electron chi connectivity index (χ4n) is 1.71. The molecular formula is C15H15ClN2O2. The minimum absolute atomic E-state index is 0.369. The lowest BCUT2D eigenvalue weighted by Gasteiger charge is -2.09. The number of para-hydroxylation sites is 1. The molecule has 0 saturated heterocycles. The summed E-state index contributed by atoms with van der Waals surface area (Å²) in [5.74, 6) is -0.433. The van der Waals surface area contributed by atoms with E-state index in [1.54, 1.807) is 12.1 Å². The molecule has 104 valence electrons. The van der Waals surface area contributed by atoms with Crippen molar-refractivity contribution in [2.45, 2.75) is 6.54 Å². The number of nitrogens with one attached hydrogen (secondary N) is 2. The monoisotopic (exact) mass is 290 g/mol. The molecule has 0 spiro atoms. The minimum Gasteiger partial charge on any atom is -0.465 e. The van der Waals surface area contributed by atoms with Crippen molar-refractivity contribution in [1.29, 1.82) is 0 Å². The molecule has 2 aromatic carbocycles. The Morgan fingerprint density at radius 2 is 1.95 bits per heavy atom. The summed E-state index contributed by atoms with van der Waals surface area (Å²) in [5, 5.41) is 0.385. The van der Waals surface area contributed by atoms with Crippen molar-refractivity contribution in [3.63, 3.8) is 0 Å². The van der Waals surface area contributed by atoms with Crippen molar-refractivity contribution < 1.29 is 9.53 Å². The van der Waals surface area contributed by atoms with Crippen molar-refractivity contribution in [3.05, 3.63) is 64.7 Å². The zero-order valence-electron chi connectivity index (χ0n) is 11.0. The molecule has 4 nitrogen and oxygen atoms in total. The molecule has 2 N–H and O–H groups in total. The van der Waals surface area contributed by atoms with E-state index in [1.807, 2.05) is 36.4 Å². The zero-order valence-corrected chi connectivity index (χ0v) is 11.8. The van der Waals surface area contributed by atoms with Gasteiger partial charge >= 0.3 is 5.97 Å². The number of hydrazine groups is 1. The number of rotatable bonds is 5. The van der Waals surface area contributed by atoms with Gasteiger partial charge in [-0.15, -0.1) is 0 Å². The smallest absolute Gasteiger partial charge is 0.339 e. The SMILES string of the molecule is COC(=O)c1ccc(CNNc2ccccc2)cc1Cl. The van der Waals surface area contributed by atoms with Crippen LogP contribution in [0.2, 0.25) is 5.02 Å². The number of benzene rings is 2. The van der Waals surface area contributed by atoms with Gasteiger partial charge in [-0.25, -0.2) is 10.2 Å². The molecule has 0 aliphatic carbocycles. The van der Waals surface area contributed by atoms with Gasteiger partial charge in [-0.1, -0.05) is 35.9 Å². The van der Waals surface area contributed by atoms with E-state index in [0.29, 0.717) is 17.1 Å². The van der Waals surface area contributed by atoms with E-state index >= 15 is 0 Å². The third-order valence-corrected chi connectivity index (χ3v) is 3.05. The Morgan fingerprint density at radius 1 is 1.20 bits per heavy atom. The topological polar surface area (TPSA) is 50.4 Å². The Balaban J connectivity index is 1.94. The second-order valence-electron chi connectivity index (χ2n) is 4.15. The summed E-state index contributed by atoms with van der Waals surface area (Å²) < 4.78 is 4.64. The molecule has 5 heteroatoms. The zero-order chi connectivity index (χ0) is 14.4. The Hall–Kier alpha value is -2.04. The Kier molecular flexibility index (Phi) is 4.98.